The summed E-state index contributed by atoms with van der Waals surface area (Å²) in [6.45, 7) is 5.88. The zero-order chi connectivity index (χ0) is 20.6. The molecule has 0 atom stereocenters. The van der Waals surface area contributed by atoms with Crippen LogP contribution in [0.25, 0.3) is 0 Å². The molecule has 7 nitrogen and oxygen atoms in total. The summed E-state index contributed by atoms with van der Waals surface area (Å²) in [5.74, 6) is 1.16. The molecule has 0 saturated heterocycles. The minimum absolute atomic E-state index is 0.346. The number of ether oxygens (including phenoxy) is 1. The number of aliphatic imine (C=N–C) groups is 1. The van der Waals surface area contributed by atoms with Gasteiger partial charge in [0.2, 0.25) is 5.88 Å². The number of nitrogens with one attached hydrogen (secondary N) is 2. The highest BCUT2D eigenvalue weighted by Crippen LogP contribution is 2.17. The van der Waals surface area contributed by atoms with Crippen molar-refractivity contribution in [1.29, 1.82) is 0 Å². The normalized spacial score (nSPS) is 11.9. The van der Waals surface area contributed by atoms with Gasteiger partial charge in [0, 0.05) is 25.1 Å². The minimum Gasteiger partial charge on any atom is -0.476 e. The number of pyridine rings is 1. The number of hydrogen-bond donors (Lipinski definition) is 2. The fourth-order valence-corrected chi connectivity index (χ4v) is 3.58. The zero-order valence-corrected chi connectivity index (χ0v) is 17.8. The summed E-state index contributed by atoms with van der Waals surface area (Å²) in [5, 5.41) is 6.91. The number of halogens is 1. The Kier molecular flexibility index (Phi) is 8.07. The SMILES string of the molecule is CCNC(=NCc1ccc(S(C)(=O)=O)c(C)c1)NCCOc1ccc(Cl)cn1. The van der Waals surface area contributed by atoms with Gasteiger partial charge in [-0.2, -0.15) is 0 Å². The fraction of sp³-hybridized carbons (Fsp3) is 0.368. The van der Waals surface area contributed by atoms with Crippen LogP contribution in [0.1, 0.15) is 18.1 Å². The van der Waals surface area contributed by atoms with E-state index >= 15 is 0 Å². The van der Waals surface area contributed by atoms with Crippen molar-refractivity contribution in [3.05, 3.63) is 52.7 Å². The lowest BCUT2D eigenvalue weighted by atomic mass is 10.1. The maximum Gasteiger partial charge on any atom is 0.213 e. The van der Waals surface area contributed by atoms with Gasteiger partial charge in [-0.1, -0.05) is 23.7 Å². The lowest BCUT2D eigenvalue weighted by Gasteiger charge is -2.12. The molecule has 0 fully saturated rings. The molecular formula is C19H25ClN4O3S. The third-order valence-electron chi connectivity index (χ3n) is 3.75. The van der Waals surface area contributed by atoms with Gasteiger partial charge in [0.25, 0.3) is 0 Å². The van der Waals surface area contributed by atoms with E-state index < -0.39 is 9.84 Å². The highest BCUT2D eigenvalue weighted by molar-refractivity contribution is 7.90. The van der Waals surface area contributed by atoms with Gasteiger partial charge in [-0.25, -0.2) is 18.4 Å². The van der Waals surface area contributed by atoms with E-state index in [4.69, 9.17) is 16.3 Å². The molecule has 152 valence electrons. The van der Waals surface area contributed by atoms with Crippen LogP contribution < -0.4 is 15.4 Å². The van der Waals surface area contributed by atoms with Gasteiger partial charge in [-0.3, -0.25) is 0 Å². The van der Waals surface area contributed by atoms with Gasteiger partial charge in [0.1, 0.15) is 6.61 Å². The van der Waals surface area contributed by atoms with Gasteiger partial charge < -0.3 is 15.4 Å². The van der Waals surface area contributed by atoms with Crippen LogP contribution in [0.15, 0.2) is 46.4 Å². The zero-order valence-electron chi connectivity index (χ0n) is 16.2. The van der Waals surface area contributed by atoms with Crippen molar-refractivity contribution < 1.29 is 13.2 Å². The molecule has 2 N–H and O–H groups in total. The molecule has 0 amide bonds. The Hall–Kier alpha value is -2.32. The van der Waals surface area contributed by atoms with Crippen LogP contribution in [0.3, 0.4) is 0 Å². The number of rotatable bonds is 8. The number of nitrogens with zero attached hydrogens (tertiary/aromatic N) is 2. The van der Waals surface area contributed by atoms with Crippen molar-refractivity contribution in [2.24, 2.45) is 4.99 Å². The number of benzene rings is 1. The second-order valence-corrected chi connectivity index (χ2v) is 8.58. The molecule has 0 aliphatic rings. The van der Waals surface area contributed by atoms with Crippen LogP contribution in [0.2, 0.25) is 5.02 Å². The van der Waals surface area contributed by atoms with E-state index in [0.717, 1.165) is 17.7 Å². The molecule has 2 rings (SSSR count). The molecule has 2 aromatic rings. The molecule has 0 aliphatic carbocycles. The van der Waals surface area contributed by atoms with Crippen LogP contribution in [-0.4, -0.2) is 45.3 Å². The average molecular weight is 425 g/mol. The van der Waals surface area contributed by atoms with Crippen LogP contribution in [0.4, 0.5) is 0 Å². The van der Waals surface area contributed by atoms with Gasteiger partial charge in [-0.15, -0.1) is 0 Å². The van der Waals surface area contributed by atoms with Crippen molar-refractivity contribution in [3.8, 4) is 5.88 Å². The Balaban J connectivity index is 1.91. The van der Waals surface area contributed by atoms with Gasteiger partial charge in [0.05, 0.1) is 23.0 Å². The first-order valence-corrected chi connectivity index (χ1v) is 11.1. The summed E-state index contributed by atoms with van der Waals surface area (Å²) in [6, 6.07) is 8.69. The maximum atomic E-state index is 11.7. The topological polar surface area (TPSA) is 92.7 Å². The third-order valence-corrected chi connectivity index (χ3v) is 5.23. The fourth-order valence-electron chi connectivity index (χ4n) is 2.51. The first-order valence-electron chi connectivity index (χ1n) is 8.85. The maximum absolute atomic E-state index is 11.7. The standard InChI is InChI=1S/C19H25ClN4O3S/c1-4-21-19(22-9-10-27-18-8-6-16(20)13-23-18)24-12-15-5-7-17(14(2)11-15)28(3,25)26/h5-8,11,13H,4,9-10,12H2,1-3H3,(H2,21,22,24). The molecule has 1 aromatic carbocycles. The second kappa shape index (κ2) is 10.3. The molecule has 0 spiro atoms. The molecule has 0 bridgehead atoms. The predicted molar refractivity (Wildman–Crippen MR) is 112 cm³/mol. The Labute approximate surface area is 171 Å². The average Bonchev–Trinajstić information content (AvgIpc) is 2.63. The monoisotopic (exact) mass is 424 g/mol. The van der Waals surface area contributed by atoms with Gasteiger partial charge in [0.15, 0.2) is 15.8 Å². The van der Waals surface area contributed by atoms with Crippen LogP contribution in [0, 0.1) is 6.92 Å². The smallest absolute Gasteiger partial charge is 0.213 e. The van der Waals surface area contributed by atoms with E-state index in [1.165, 1.54) is 12.5 Å². The number of hydrogen-bond acceptors (Lipinski definition) is 5. The van der Waals surface area contributed by atoms with E-state index in [0.29, 0.717) is 41.5 Å². The van der Waals surface area contributed by atoms with E-state index in [2.05, 4.69) is 20.6 Å². The summed E-state index contributed by atoms with van der Waals surface area (Å²) in [6.07, 6.45) is 2.74. The van der Waals surface area contributed by atoms with E-state index in [1.807, 2.05) is 13.0 Å². The van der Waals surface area contributed by atoms with Crippen LogP contribution in [-0.2, 0) is 16.4 Å². The number of aromatic nitrogens is 1. The summed E-state index contributed by atoms with van der Waals surface area (Å²) in [7, 11) is -3.22. The van der Waals surface area contributed by atoms with Crippen molar-refractivity contribution in [1.82, 2.24) is 15.6 Å². The van der Waals surface area contributed by atoms with E-state index in [9.17, 15) is 8.42 Å². The van der Waals surface area contributed by atoms with E-state index in [-0.39, 0.29) is 0 Å². The van der Waals surface area contributed by atoms with Gasteiger partial charge >= 0.3 is 0 Å². The van der Waals surface area contributed by atoms with Crippen molar-refractivity contribution in [2.45, 2.75) is 25.3 Å². The molecule has 1 aromatic heterocycles. The Morgan fingerprint density at radius 3 is 2.64 bits per heavy atom. The summed E-state index contributed by atoms with van der Waals surface area (Å²) < 4.78 is 29.0. The lowest BCUT2D eigenvalue weighted by Crippen LogP contribution is -2.39. The summed E-state index contributed by atoms with van der Waals surface area (Å²) >= 11 is 5.79. The van der Waals surface area contributed by atoms with E-state index in [1.54, 1.807) is 31.2 Å². The summed E-state index contributed by atoms with van der Waals surface area (Å²) in [5.41, 5.74) is 1.65. The van der Waals surface area contributed by atoms with Crippen LogP contribution in [0.5, 0.6) is 5.88 Å². The highest BCUT2D eigenvalue weighted by atomic mass is 35.5. The van der Waals surface area contributed by atoms with Crippen molar-refractivity contribution in [3.63, 3.8) is 0 Å². The number of aryl methyl sites for hydroxylation is 1. The molecule has 1 heterocycles. The first kappa shape index (κ1) is 22.0. The Morgan fingerprint density at radius 1 is 1.25 bits per heavy atom. The molecule has 0 unspecified atom stereocenters. The molecule has 0 aliphatic heterocycles. The molecule has 0 radical (unpaired) electrons. The van der Waals surface area contributed by atoms with Crippen molar-refractivity contribution in [2.75, 3.05) is 26.0 Å². The highest BCUT2D eigenvalue weighted by Gasteiger charge is 2.10. The summed E-state index contributed by atoms with van der Waals surface area (Å²) in [4.78, 5) is 8.94. The number of sulfone groups is 1. The Morgan fingerprint density at radius 2 is 2.04 bits per heavy atom. The lowest BCUT2D eigenvalue weighted by molar-refractivity contribution is 0.309. The van der Waals surface area contributed by atoms with Crippen LogP contribution >= 0.6 is 11.6 Å². The molecule has 0 saturated carbocycles. The minimum atomic E-state index is -3.22. The van der Waals surface area contributed by atoms with Crippen molar-refractivity contribution >= 4 is 27.4 Å². The number of guanidine groups is 1. The molecular weight excluding hydrogens is 400 g/mol. The molecule has 9 heteroatoms. The molecule has 28 heavy (non-hydrogen) atoms. The largest absolute Gasteiger partial charge is 0.476 e. The second-order valence-electron chi connectivity index (χ2n) is 6.16. The predicted octanol–water partition coefficient (Wildman–Crippen LogP) is 2.58. The first-order chi connectivity index (χ1) is 13.3. The Bertz CT molecular complexity index is 915. The van der Waals surface area contributed by atoms with Gasteiger partial charge in [-0.05, 0) is 37.1 Å². The quantitative estimate of drug-likeness (QED) is 0.384. The third kappa shape index (κ3) is 7.01.